The van der Waals surface area contributed by atoms with Crippen molar-refractivity contribution in [1.29, 1.82) is 0 Å². The Labute approximate surface area is 138 Å². The molecule has 0 fully saturated rings. The zero-order valence-electron chi connectivity index (χ0n) is 13.0. The van der Waals surface area contributed by atoms with E-state index in [2.05, 4.69) is 33.6 Å². The Balaban J connectivity index is 1.98. The summed E-state index contributed by atoms with van der Waals surface area (Å²) in [5, 5.41) is 11.9. The van der Waals surface area contributed by atoms with Crippen molar-refractivity contribution in [3.05, 3.63) is 35.7 Å². The summed E-state index contributed by atoms with van der Waals surface area (Å²) in [5.74, 6) is 0.512. The summed E-state index contributed by atoms with van der Waals surface area (Å²) in [6, 6.07) is 1.97. The number of nitrogens with one attached hydrogen (secondary N) is 1. The van der Waals surface area contributed by atoms with Crippen molar-refractivity contribution in [2.75, 3.05) is 17.6 Å². The largest absolute Gasteiger partial charge is 0.357 e. The van der Waals surface area contributed by atoms with E-state index in [9.17, 15) is 4.79 Å². The topological polar surface area (TPSA) is 59.8 Å². The highest BCUT2D eigenvalue weighted by molar-refractivity contribution is 8.01. The molecule has 0 radical (unpaired) electrons. The summed E-state index contributed by atoms with van der Waals surface area (Å²) in [6.07, 6.45) is 1.77. The maximum Gasteiger partial charge on any atom is 0.206 e. The second-order valence-corrected chi connectivity index (χ2v) is 6.98. The standard InChI is InChI=1S/C15H20N4OS2/c1-5-7-16-14-17-18-15(22-14)21-9-13(20)12-8-10(3)19(6-2)11(12)4/h5,8H,1,6-7,9H2,2-4H3,(H,16,17). The van der Waals surface area contributed by atoms with Gasteiger partial charge in [-0.1, -0.05) is 29.2 Å². The molecule has 2 heterocycles. The molecule has 0 aromatic carbocycles. The van der Waals surface area contributed by atoms with Crippen molar-refractivity contribution < 1.29 is 4.79 Å². The van der Waals surface area contributed by atoms with Gasteiger partial charge in [-0.15, -0.1) is 16.8 Å². The number of thioether (sulfide) groups is 1. The molecule has 0 unspecified atom stereocenters. The van der Waals surface area contributed by atoms with Gasteiger partial charge < -0.3 is 9.88 Å². The predicted molar refractivity (Wildman–Crippen MR) is 93.2 cm³/mol. The highest BCUT2D eigenvalue weighted by Gasteiger charge is 2.16. The van der Waals surface area contributed by atoms with Crippen molar-refractivity contribution in [3.8, 4) is 0 Å². The van der Waals surface area contributed by atoms with Crippen LogP contribution in [-0.2, 0) is 6.54 Å². The normalized spacial score (nSPS) is 10.7. The molecular weight excluding hydrogens is 316 g/mol. The van der Waals surface area contributed by atoms with E-state index in [1.807, 2.05) is 19.9 Å². The molecule has 0 bridgehead atoms. The van der Waals surface area contributed by atoms with Crippen LogP contribution >= 0.6 is 23.1 Å². The lowest BCUT2D eigenvalue weighted by atomic mass is 10.2. The van der Waals surface area contributed by atoms with Gasteiger partial charge in [0.15, 0.2) is 10.1 Å². The third kappa shape index (κ3) is 3.78. The first-order chi connectivity index (χ1) is 10.6. The van der Waals surface area contributed by atoms with Crippen LogP contribution in [0.4, 0.5) is 5.13 Å². The highest BCUT2D eigenvalue weighted by atomic mass is 32.2. The molecule has 0 aliphatic heterocycles. The van der Waals surface area contributed by atoms with Crippen LogP contribution in [0.15, 0.2) is 23.1 Å². The minimum atomic E-state index is 0.133. The SMILES string of the molecule is C=CCNc1nnc(SCC(=O)c2cc(C)n(CC)c2C)s1. The summed E-state index contributed by atoms with van der Waals surface area (Å²) in [5.41, 5.74) is 2.97. The van der Waals surface area contributed by atoms with Crippen molar-refractivity contribution in [2.45, 2.75) is 31.7 Å². The molecule has 22 heavy (non-hydrogen) atoms. The summed E-state index contributed by atoms with van der Waals surface area (Å²) < 4.78 is 2.95. The zero-order valence-corrected chi connectivity index (χ0v) is 14.7. The van der Waals surface area contributed by atoms with E-state index in [-0.39, 0.29) is 5.78 Å². The molecule has 0 amide bonds. The number of carbonyl (C=O) groups is 1. The number of anilines is 1. The van der Waals surface area contributed by atoms with Crippen LogP contribution in [0.5, 0.6) is 0 Å². The molecule has 118 valence electrons. The number of ketones is 1. The van der Waals surface area contributed by atoms with Crippen LogP contribution in [0.2, 0.25) is 0 Å². The number of hydrogen-bond acceptors (Lipinski definition) is 6. The van der Waals surface area contributed by atoms with E-state index in [1.54, 1.807) is 6.08 Å². The first-order valence-electron chi connectivity index (χ1n) is 7.07. The molecule has 1 N–H and O–H groups in total. The first kappa shape index (κ1) is 16.8. The van der Waals surface area contributed by atoms with Crippen molar-refractivity contribution in [3.63, 3.8) is 0 Å². The van der Waals surface area contributed by atoms with Crippen LogP contribution in [0.3, 0.4) is 0 Å². The average Bonchev–Trinajstić information content (AvgIpc) is 3.07. The highest BCUT2D eigenvalue weighted by Crippen LogP contribution is 2.27. The Morgan fingerprint density at radius 3 is 2.91 bits per heavy atom. The van der Waals surface area contributed by atoms with Gasteiger partial charge in [-0.3, -0.25) is 4.79 Å². The smallest absolute Gasteiger partial charge is 0.206 e. The van der Waals surface area contributed by atoms with E-state index in [0.29, 0.717) is 12.3 Å². The minimum absolute atomic E-state index is 0.133. The molecule has 2 aromatic heterocycles. The molecule has 0 saturated carbocycles. The van der Waals surface area contributed by atoms with E-state index < -0.39 is 0 Å². The summed E-state index contributed by atoms with van der Waals surface area (Å²) in [6.45, 7) is 11.3. The van der Waals surface area contributed by atoms with Gasteiger partial charge in [-0.25, -0.2) is 0 Å². The third-order valence-corrected chi connectivity index (χ3v) is 5.34. The molecule has 2 rings (SSSR count). The maximum atomic E-state index is 12.4. The Morgan fingerprint density at radius 2 is 2.27 bits per heavy atom. The van der Waals surface area contributed by atoms with Crippen LogP contribution in [-0.4, -0.2) is 32.8 Å². The second kappa shape index (κ2) is 7.60. The van der Waals surface area contributed by atoms with Gasteiger partial charge in [-0.2, -0.15) is 0 Å². The Morgan fingerprint density at radius 1 is 1.50 bits per heavy atom. The first-order valence-corrected chi connectivity index (χ1v) is 8.88. The van der Waals surface area contributed by atoms with E-state index in [4.69, 9.17) is 0 Å². The summed E-state index contributed by atoms with van der Waals surface area (Å²) >= 11 is 2.88. The Bertz CT molecular complexity index is 675. The maximum absolute atomic E-state index is 12.4. The van der Waals surface area contributed by atoms with Crippen LogP contribution in [0.1, 0.15) is 28.7 Å². The lowest BCUT2D eigenvalue weighted by Crippen LogP contribution is -2.05. The molecular formula is C15H20N4OS2. The van der Waals surface area contributed by atoms with E-state index >= 15 is 0 Å². The minimum Gasteiger partial charge on any atom is -0.357 e. The van der Waals surface area contributed by atoms with Crippen molar-refractivity contribution in [2.24, 2.45) is 0 Å². The van der Waals surface area contributed by atoms with Crippen LogP contribution < -0.4 is 5.32 Å². The van der Waals surface area contributed by atoms with Gasteiger partial charge in [0.1, 0.15) is 0 Å². The van der Waals surface area contributed by atoms with Gasteiger partial charge in [-0.05, 0) is 26.8 Å². The average molecular weight is 336 g/mol. The van der Waals surface area contributed by atoms with Gasteiger partial charge in [0, 0.05) is 30.0 Å². The lowest BCUT2D eigenvalue weighted by molar-refractivity contribution is 0.102. The van der Waals surface area contributed by atoms with E-state index in [1.165, 1.54) is 23.1 Å². The molecule has 0 saturated heterocycles. The number of hydrogen-bond donors (Lipinski definition) is 1. The second-order valence-electron chi connectivity index (χ2n) is 4.78. The number of aromatic nitrogens is 3. The number of carbonyl (C=O) groups excluding carboxylic acids is 1. The fourth-order valence-electron chi connectivity index (χ4n) is 2.27. The van der Waals surface area contributed by atoms with Crippen LogP contribution in [0, 0.1) is 13.8 Å². The zero-order chi connectivity index (χ0) is 16.1. The fourth-order valence-corrected chi connectivity index (χ4v) is 3.92. The number of nitrogens with zero attached hydrogens (tertiary/aromatic N) is 3. The fraction of sp³-hybridized carbons (Fsp3) is 0.400. The lowest BCUT2D eigenvalue weighted by Gasteiger charge is -2.05. The Hall–Kier alpha value is -1.60. The molecule has 2 aromatic rings. The monoisotopic (exact) mass is 336 g/mol. The molecule has 0 atom stereocenters. The molecule has 5 nitrogen and oxygen atoms in total. The Kier molecular flexibility index (Phi) is 5.79. The van der Waals surface area contributed by atoms with Gasteiger partial charge in [0.25, 0.3) is 0 Å². The van der Waals surface area contributed by atoms with Crippen molar-refractivity contribution >= 4 is 34.0 Å². The van der Waals surface area contributed by atoms with Gasteiger partial charge in [0.2, 0.25) is 5.13 Å². The number of rotatable bonds is 8. The molecule has 0 aliphatic rings. The molecule has 0 aliphatic carbocycles. The number of aryl methyl sites for hydroxylation is 1. The van der Waals surface area contributed by atoms with Gasteiger partial charge in [0.05, 0.1) is 5.75 Å². The summed E-state index contributed by atoms with van der Waals surface area (Å²) in [7, 11) is 0. The van der Waals surface area contributed by atoms with E-state index in [0.717, 1.165) is 33.0 Å². The third-order valence-electron chi connectivity index (χ3n) is 3.32. The molecule has 0 spiro atoms. The molecule has 7 heteroatoms. The van der Waals surface area contributed by atoms with Gasteiger partial charge >= 0.3 is 0 Å². The van der Waals surface area contributed by atoms with Crippen LogP contribution in [0.25, 0.3) is 0 Å². The van der Waals surface area contributed by atoms with Crippen molar-refractivity contribution in [1.82, 2.24) is 14.8 Å². The summed E-state index contributed by atoms with van der Waals surface area (Å²) in [4.78, 5) is 12.4. The quantitative estimate of drug-likeness (QED) is 0.454. The number of Topliss-reactive ketones (excluding diaryl/α,β-unsaturated/α-hetero) is 1. The predicted octanol–water partition coefficient (Wildman–Crippen LogP) is 3.55.